The topological polar surface area (TPSA) is 69.6 Å². The van der Waals surface area contributed by atoms with Crippen molar-refractivity contribution in [2.45, 2.75) is 26.2 Å². The highest BCUT2D eigenvalue weighted by Gasteiger charge is 2.23. The molecule has 1 aliphatic rings. The first kappa shape index (κ1) is 15.8. The minimum atomic E-state index is -3.50. The molecule has 1 fully saturated rings. The van der Waals surface area contributed by atoms with Gasteiger partial charge >= 0.3 is 10.2 Å². The van der Waals surface area contributed by atoms with Crippen molar-refractivity contribution >= 4 is 15.9 Å². The molecule has 1 aliphatic heterocycles. The van der Waals surface area contributed by atoms with Crippen molar-refractivity contribution in [3.63, 3.8) is 0 Å². The average Bonchev–Trinajstić information content (AvgIpc) is 2.48. The molecule has 21 heavy (non-hydrogen) atoms. The second-order valence-corrected chi connectivity index (χ2v) is 6.73. The van der Waals surface area contributed by atoms with E-state index in [4.69, 9.17) is 5.11 Å². The number of nitrogens with one attached hydrogen (secondary N) is 1. The van der Waals surface area contributed by atoms with Gasteiger partial charge < -0.3 is 5.11 Å². The molecule has 114 valence electrons. The molecule has 1 aromatic rings. The number of nitrogens with zero attached hydrogens (tertiary/aromatic N) is 1. The molecular weight excluding hydrogens is 288 g/mol. The summed E-state index contributed by atoms with van der Waals surface area (Å²) >= 11 is 0. The van der Waals surface area contributed by atoms with Gasteiger partial charge in [-0.2, -0.15) is 12.7 Å². The van der Waals surface area contributed by atoms with Crippen LogP contribution in [0.3, 0.4) is 0 Å². The lowest BCUT2D eigenvalue weighted by molar-refractivity contribution is 0.349. The summed E-state index contributed by atoms with van der Waals surface area (Å²) < 4.78 is 28.7. The third-order valence-corrected chi connectivity index (χ3v) is 4.98. The molecule has 2 rings (SSSR count). The highest BCUT2D eigenvalue weighted by molar-refractivity contribution is 7.90. The lowest BCUT2D eigenvalue weighted by Crippen LogP contribution is -2.39. The molecule has 1 heterocycles. The summed E-state index contributed by atoms with van der Waals surface area (Å²) in [6.45, 7) is 2.81. The zero-order valence-corrected chi connectivity index (χ0v) is 12.9. The van der Waals surface area contributed by atoms with Crippen molar-refractivity contribution in [3.8, 4) is 11.8 Å². The third-order valence-electron chi connectivity index (χ3n) is 3.44. The Morgan fingerprint density at radius 1 is 1.29 bits per heavy atom. The Kier molecular flexibility index (Phi) is 5.23. The number of piperidine rings is 1. The Balaban J connectivity index is 2.18. The van der Waals surface area contributed by atoms with Gasteiger partial charge in [0.2, 0.25) is 0 Å². The van der Waals surface area contributed by atoms with E-state index in [1.165, 1.54) is 4.31 Å². The van der Waals surface area contributed by atoms with Crippen molar-refractivity contribution in [3.05, 3.63) is 29.3 Å². The van der Waals surface area contributed by atoms with Gasteiger partial charge in [-0.05, 0) is 37.5 Å². The summed E-state index contributed by atoms with van der Waals surface area (Å²) in [5.74, 6) is 5.40. The predicted molar refractivity (Wildman–Crippen MR) is 83.1 cm³/mol. The molecule has 0 unspecified atom stereocenters. The highest BCUT2D eigenvalue weighted by atomic mass is 32.2. The number of benzene rings is 1. The smallest absolute Gasteiger partial charge is 0.301 e. The molecule has 0 spiro atoms. The molecule has 0 bridgehead atoms. The Morgan fingerprint density at radius 3 is 2.67 bits per heavy atom. The predicted octanol–water partition coefficient (Wildman–Crippen LogP) is 1.48. The minimum absolute atomic E-state index is 0.219. The molecule has 1 aromatic carbocycles. The molecule has 0 aromatic heterocycles. The quantitative estimate of drug-likeness (QED) is 0.831. The van der Waals surface area contributed by atoms with Crippen molar-refractivity contribution in [1.82, 2.24) is 4.31 Å². The fourth-order valence-electron chi connectivity index (χ4n) is 2.27. The summed E-state index contributed by atoms with van der Waals surface area (Å²) in [5, 5.41) is 8.75. The van der Waals surface area contributed by atoms with Gasteiger partial charge in [0, 0.05) is 18.7 Å². The maximum absolute atomic E-state index is 12.3. The van der Waals surface area contributed by atoms with Gasteiger partial charge in [0.15, 0.2) is 0 Å². The van der Waals surface area contributed by atoms with Crippen molar-refractivity contribution < 1.29 is 13.5 Å². The van der Waals surface area contributed by atoms with Gasteiger partial charge in [-0.3, -0.25) is 4.72 Å². The van der Waals surface area contributed by atoms with Crippen LogP contribution in [0.4, 0.5) is 5.69 Å². The molecule has 5 nitrogen and oxygen atoms in total. The number of aliphatic hydroxyl groups is 1. The van der Waals surface area contributed by atoms with E-state index in [1.54, 1.807) is 12.1 Å². The maximum atomic E-state index is 12.3. The van der Waals surface area contributed by atoms with Crippen molar-refractivity contribution in [2.24, 2.45) is 0 Å². The number of aryl methyl sites for hydroxylation is 1. The first-order valence-electron chi connectivity index (χ1n) is 7.01. The van der Waals surface area contributed by atoms with Gasteiger partial charge in [0.05, 0.1) is 5.69 Å². The largest absolute Gasteiger partial charge is 0.384 e. The van der Waals surface area contributed by atoms with E-state index in [9.17, 15) is 8.42 Å². The van der Waals surface area contributed by atoms with Crippen LogP contribution in [0.2, 0.25) is 0 Å². The van der Waals surface area contributed by atoms with E-state index in [0.717, 1.165) is 24.8 Å². The Hall–Kier alpha value is -1.55. The van der Waals surface area contributed by atoms with E-state index in [2.05, 4.69) is 16.6 Å². The van der Waals surface area contributed by atoms with Gasteiger partial charge in [-0.25, -0.2) is 0 Å². The number of hydrogen-bond donors (Lipinski definition) is 2. The number of rotatable bonds is 3. The molecule has 0 radical (unpaired) electrons. The summed E-state index contributed by atoms with van der Waals surface area (Å²) in [6, 6.07) is 5.23. The molecule has 0 amide bonds. The summed E-state index contributed by atoms with van der Waals surface area (Å²) in [6.07, 6.45) is 2.89. The SMILES string of the molecule is Cc1ccc(NS(=O)(=O)N2CCCCC2)cc1C#CCO. The molecule has 0 saturated carbocycles. The van der Waals surface area contributed by atoms with Crippen LogP contribution >= 0.6 is 0 Å². The third kappa shape index (κ3) is 4.21. The van der Waals surface area contributed by atoms with Gasteiger partial charge in [0.25, 0.3) is 0 Å². The van der Waals surface area contributed by atoms with Crippen molar-refractivity contribution in [1.29, 1.82) is 0 Å². The minimum Gasteiger partial charge on any atom is -0.384 e. The lowest BCUT2D eigenvalue weighted by atomic mass is 10.1. The standard InChI is InChI=1S/C15H20N2O3S/c1-13-7-8-15(12-14(13)6-5-11-18)16-21(19,20)17-9-3-2-4-10-17/h7-8,12,16,18H,2-4,9-11H2,1H3. The molecule has 6 heteroatoms. The first-order chi connectivity index (χ1) is 10.0. The summed E-state index contributed by atoms with van der Waals surface area (Å²) in [7, 11) is -3.50. The Bertz CT molecular complexity index is 653. The molecule has 1 saturated heterocycles. The van der Waals surface area contributed by atoms with Crippen LogP contribution in [0.15, 0.2) is 18.2 Å². The Morgan fingerprint density at radius 2 is 2.00 bits per heavy atom. The maximum Gasteiger partial charge on any atom is 0.301 e. The molecular formula is C15H20N2O3S. The zero-order chi connectivity index (χ0) is 15.3. The van der Waals surface area contributed by atoms with Gasteiger partial charge in [0.1, 0.15) is 6.61 Å². The number of aliphatic hydroxyl groups excluding tert-OH is 1. The molecule has 2 N–H and O–H groups in total. The first-order valence-corrected chi connectivity index (χ1v) is 8.45. The van der Waals surface area contributed by atoms with Crippen LogP contribution in [0.5, 0.6) is 0 Å². The fraction of sp³-hybridized carbons (Fsp3) is 0.467. The van der Waals surface area contributed by atoms with Crippen LogP contribution in [0.1, 0.15) is 30.4 Å². The molecule has 0 aliphatic carbocycles. The van der Waals surface area contributed by atoms with Gasteiger partial charge in [-0.1, -0.05) is 24.3 Å². The van der Waals surface area contributed by atoms with E-state index >= 15 is 0 Å². The second kappa shape index (κ2) is 6.94. The fourth-order valence-corrected chi connectivity index (χ4v) is 3.57. The van der Waals surface area contributed by atoms with E-state index in [1.807, 2.05) is 13.0 Å². The average molecular weight is 308 g/mol. The van der Waals surface area contributed by atoms with Crippen LogP contribution in [0, 0.1) is 18.8 Å². The van der Waals surface area contributed by atoms with E-state index < -0.39 is 10.2 Å². The monoisotopic (exact) mass is 308 g/mol. The van der Waals surface area contributed by atoms with Crippen LogP contribution in [-0.2, 0) is 10.2 Å². The highest BCUT2D eigenvalue weighted by Crippen LogP contribution is 2.19. The van der Waals surface area contributed by atoms with Crippen LogP contribution in [-0.4, -0.2) is 37.5 Å². The normalized spacial score (nSPS) is 16.1. The summed E-state index contributed by atoms with van der Waals surface area (Å²) in [4.78, 5) is 0. The van der Waals surface area contributed by atoms with Gasteiger partial charge in [-0.15, -0.1) is 0 Å². The van der Waals surface area contributed by atoms with Crippen LogP contribution < -0.4 is 4.72 Å². The van der Waals surface area contributed by atoms with Crippen molar-refractivity contribution in [2.75, 3.05) is 24.4 Å². The Labute approximate surface area is 126 Å². The van der Waals surface area contributed by atoms with E-state index in [-0.39, 0.29) is 6.61 Å². The van der Waals surface area contributed by atoms with Crippen LogP contribution in [0.25, 0.3) is 0 Å². The number of anilines is 1. The zero-order valence-electron chi connectivity index (χ0n) is 12.1. The number of hydrogen-bond acceptors (Lipinski definition) is 3. The van der Waals surface area contributed by atoms with E-state index in [0.29, 0.717) is 24.3 Å². The molecule has 0 atom stereocenters. The summed E-state index contributed by atoms with van der Waals surface area (Å²) in [5.41, 5.74) is 2.15. The second-order valence-electron chi connectivity index (χ2n) is 5.06. The lowest BCUT2D eigenvalue weighted by Gasteiger charge is -2.26.